The van der Waals surface area contributed by atoms with Gasteiger partial charge in [0, 0.05) is 23.5 Å². The molecule has 1 amide bonds. The number of hydrogen-bond acceptors (Lipinski definition) is 5. The Bertz CT molecular complexity index is 1010. The molecule has 0 aliphatic heterocycles. The van der Waals surface area contributed by atoms with Crippen molar-refractivity contribution in [2.45, 2.75) is 29.7 Å². The monoisotopic (exact) mass is 396 g/mol. The maximum absolute atomic E-state index is 12.3. The molecule has 140 valence electrons. The Kier molecular flexibility index (Phi) is 5.84. The molecule has 2 N–H and O–H groups in total. The summed E-state index contributed by atoms with van der Waals surface area (Å²) in [5.41, 5.74) is 0.578. The van der Waals surface area contributed by atoms with Crippen molar-refractivity contribution in [2.75, 3.05) is 11.6 Å². The van der Waals surface area contributed by atoms with E-state index in [1.807, 2.05) is 0 Å². The first-order valence-corrected chi connectivity index (χ1v) is 11.1. The number of sulfone groups is 1. The molecule has 0 unspecified atom stereocenters. The van der Waals surface area contributed by atoms with Gasteiger partial charge in [0.05, 0.1) is 9.79 Å². The molecule has 0 aliphatic rings. The lowest BCUT2D eigenvalue weighted by atomic mass is 10.2. The standard InChI is InChI=1S/C17H20N2O5S2/c1-12(2)19-26(23,24)15-9-7-14(8-10-15)18-17(20)13-5-4-6-16(11-13)25(3,21)22/h4-12,19H,1-3H3,(H,18,20). The van der Waals surface area contributed by atoms with Gasteiger partial charge in [-0.3, -0.25) is 4.79 Å². The fourth-order valence-electron chi connectivity index (χ4n) is 2.17. The highest BCUT2D eigenvalue weighted by Crippen LogP contribution is 2.17. The summed E-state index contributed by atoms with van der Waals surface area (Å²) < 4.78 is 49.8. The minimum atomic E-state index is -3.61. The quantitative estimate of drug-likeness (QED) is 0.776. The predicted octanol–water partition coefficient (Wildman–Crippen LogP) is 2.03. The summed E-state index contributed by atoms with van der Waals surface area (Å²) in [7, 11) is -7.03. The van der Waals surface area contributed by atoms with Gasteiger partial charge in [0.1, 0.15) is 0 Å². The summed E-state index contributed by atoms with van der Waals surface area (Å²) >= 11 is 0. The molecule has 0 aromatic heterocycles. The van der Waals surface area contributed by atoms with Crippen LogP contribution < -0.4 is 10.0 Å². The molecular weight excluding hydrogens is 376 g/mol. The van der Waals surface area contributed by atoms with Gasteiger partial charge in [-0.1, -0.05) is 6.07 Å². The third-order valence-corrected chi connectivity index (χ3v) is 6.12. The molecule has 0 radical (unpaired) electrons. The van der Waals surface area contributed by atoms with Crippen molar-refractivity contribution in [2.24, 2.45) is 0 Å². The first-order valence-electron chi connectivity index (χ1n) is 7.73. The SMILES string of the molecule is CC(C)NS(=O)(=O)c1ccc(NC(=O)c2cccc(S(C)(=O)=O)c2)cc1. The fourth-order valence-corrected chi connectivity index (χ4v) is 4.08. The molecule has 7 nitrogen and oxygen atoms in total. The van der Waals surface area contributed by atoms with Gasteiger partial charge in [0.2, 0.25) is 10.0 Å². The van der Waals surface area contributed by atoms with Gasteiger partial charge < -0.3 is 5.32 Å². The van der Waals surface area contributed by atoms with Gasteiger partial charge >= 0.3 is 0 Å². The molecule has 9 heteroatoms. The van der Waals surface area contributed by atoms with Crippen molar-refractivity contribution in [3.63, 3.8) is 0 Å². The van der Waals surface area contributed by atoms with Gasteiger partial charge in [0.25, 0.3) is 5.91 Å². The molecule has 0 heterocycles. The molecule has 2 aromatic rings. The summed E-state index contributed by atoms with van der Waals surface area (Å²) in [6.07, 6.45) is 1.06. The summed E-state index contributed by atoms with van der Waals surface area (Å²) in [4.78, 5) is 12.4. The molecule has 26 heavy (non-hydrogen) atoms. The lowest BCUT2D eigenvalue weighted by Crippen LogP contribution is -2.30. The Morgan fingerprint density at radius 2 is 1.54 bits per heavy atom. The summed E-state index contributed by atoms with van der Waals surface area (Å²) in [6, 6.07) is 11.1. The average molecular weight is 396 g/mol. The van der Waals surface area contributed by atoms with Crippen molar-refractivity contribution in [1.29, 1.82) is 0 Å². The zero-order valence-electron chi connectivity index (χ0n) is 14.6. The first kappa shape index (κ1) is 20.1. The maximum atomic E-state index is 12.3. The number of sulfonamides is 1. The third-order valence-electron chi connectivity index (χ3n) is 3.34. The van der Waals surface area contributed by atoms with Crippen LogP contribution in [0.1, 0.15) is 24.2 Å². The molecule has 0 bridgehead atoms. The van der Waals surface area contributed by atoms with Crippen molar-refractivity contribution < 1.29 is 21.6 Å². The van der Waals surface area contributed by atoms with E-state index in [0.29, 0.717) is 5.69 Å². The van der Waals surface area contributed by atoms with Gasteiger partial charge in [-0.05, 0) is 56.3 Å². The number of carbonyl (C=O) groups excluding carboxylic acids is 1. The summed E-state index contributed by atoms with van der Waals surface area (Å²) in [5.74, 6) is -0.494. The van der Waals surface area contributed by atoms with Gasteiger partial charge in [0.15, 0.2) is 9.84 Å². The topological polar surface area (TPSA) is 109 Å². The van der Waals surface area contributed by atoms with E-state index in [1.54, 1.807) is 13.8 Å². The first-order chi connectivity index (χ1) is 12.0. The van der Waals surface area contributed by atoms with E-state index in [-0.39, 0.29) is 21.4 Å². The van der Waals surface area contributed by atoms with Crippen LogP contribution >= 0.6 is 0 Å². The van der Waals surface area contributed by atoms with Crippen LogP contribution in [-0.2, 0) is 19.9 Å². The number of benzene rings is 2. The zero-order chi connectivity index (χ0) is 19.5. The fraction of sp³-hybridized carbons (Fsp3) is 0.235. The molecule has 2 rings (SSSR count). The van der Waals surface area contributed by atoms with Crippen LogP contribution in [0.3, 0.4) is 0 Å². The second-order valence-corrected chi connectivity index (χ2v) is 9.78. The van der Waals surface area contributed by atoms with Gasteiger partial charge in [-0.2, -0.15) is 0 Å². The number of carbonyl (C=O) groups is 1. The van der Waals surface area contributed by atoms with E-state index >= 15 is 0 Å². The Balaban J connectivity index is 2.18. The molecule has 2 aromatic carbocycles. The molecule has 0 spiro atoms. The smallest absolute Gasteiger partial charge is 0.255 e. The van der Waals surface area contributed by atoms with Crippen LogP contribution in [0.5, 0.6) is 0 Å². The number of amides is 1. The Morgan fingerprint density at radius 3 is 2.08 bits per heavy atom. The van der Waals surface area contributed by atoms with E-state index in [4.69, 9.17) is 0 Å². The molecule has 0 atom stereocenters. The Morgan fingerprint density at radius 1 is 0.923 bits per heavy atom. The highest BCUT2D eigenvalue weighted by molar-refractivity contribution is 7.90. The molecule has 0 fully saturated rings. The maximum Gasteiger partial charge on any atom is 0.255 e. The summed E-state index contributed by atoms with van der Waals surface area (Å²) in [5, 5.41) is 2.61. The van der Waals surface area contributed by atoms with E-state index in [9.17, 15) is 21.6 Å². The van der Waals surface area contributed by atoms with Crippen LogP contribution in [0.25, 0.3) is 0 Å². The number of hydrogen-bond donors (Lipinski definition) is 2. The van der Waals surface area contributed by atoms with Crippen molar-refractivity contribution in [3.8, 4) is 0 Å². The highest BCUT2D eigenvalue weighted by atomic mass is 32.2. The lowest BCUT2D eigenvalue weighted by molar-refractivity contribution is 0.102. The average Bonchev–Trinajstić information content (AvgIpc) is 2.53. The Labute approximate surface area is 153 Å². The molecule has 0 aliphatic carbocycles. The molecule has 0 saturated heterocycles. The van der Waals surface area contributed by atoms with Crippen LogP contribution in [0.15, 0.2) is 58.3 Å². The van der Waals surface area contributed by atoms with Crippen LogP contribution in [0, 0.1) is 0 Å². The molecular formula is C17H20N2O5S2. The highest BCUT2D eigenvalue weighted by Gasteiger charge is 2.16. The van der Waals surface area contributed by atoms with E-state index in [0.717, 1.165) is 6.26 Å². The minimum Gasteiger partial charge on any atom is -0.322 e. The predicted molar refractivity (Wildman–Crippen MR) is 99.4 cm³/mol. The second kappa shape index (κ2) is 7.56. The molecule has 0 saturated carbocycles. The van der Waals surface area contributed by atoms with Gasteiger partial charge in [-0.25, -0.2) is 21.6 Å². The van der Waals surface area contributed by atoms with Gasteiger partial charge in [-0.15, -0.1) is 0 Å². The van der Waals surface area contributed by atoms with Crippen LogP contribution in [0.2, 0.25) is 0 Å². The Hall–Kier alpha value is -2.23. The van der Waals surface area contributed by atoms with E-state index in [2.05, 4.69) is 10.0 Å². The van der Waals surface area contributed by atoms with Crippen molar-refractivity contribution in [3.05, 3.63) is 54.1 Å². The lowest BCUT2D eigenvalue weighted by Gasteiger charge is -2.10. The number of nitrogens with one attached hydrogen (secondary N) is 2. The number of anilines is 1. The normalized spacial score (nSPS) is 12.2. The minimum absolute atomic E-state index is 0.0475. The van der Waals surface area contributed by atoms with E-state index < -0.39 is 25.8 Å². The van der Waals surface area contributed by atoms with Crippen LogP contribution in [-0.4, -0.2) is 35.0 Å². The van der Waals surface area contributed by atoms with E-state index in [1.165, 1.54) is 48.5 Å². The zero-order valence-corrected chi connectivity index (χ0v) is 16.2. The van der Waals surface area contributed by atoms with Crippen molar-refractivity contribution in [1.82, 2.24) is 4.72 Å². The third kappa shape index (κ3) is 5.13. The summed E-state index contributed by atoms with van der Waals surface area (Å²) in [6.45, 7) is 3.44. The number of rotatable bonds is 6. The largest absolute Gasteiger partial charge is 0.322 e. The van der Waals surface area contributed by atoms with Crippen molar-refractivity contribution >= 4 is 31.5 Å². The second-order valence-electron chi connectivity index (χ2n) is 6.05. The van der Waals surface area contributed by atoms with Crippen LogP contribution in [0.4, 0.5) is 5.69 Å².